The molecular weight excluding hydrogens is 354 g/mol. The average molecular weight is 369 g/mol. The first-order chi connectivity index (χ1) is 10.1. The minimum absolute atomic E-state index is 0.0465. The summed E-state index contributed by atoms with van der Waals surface area (Å²) in [6.07, 6.45) is 0. The smallest absolute Gasteiger partial charge is 0.258 e. The van der Waals surface area contributed by atoms with Crippen molar-refractivity contribution in [3.8, 4) is 5.75 Å². The molecule has 1 atom stereocenters. The highest BCUT2D eigenvalue weighted by molar-refractivity contribution is 9.10. The van der Waals surface area contributed by atoms with Gasteiger partial charge in [0, 0.05) is 9.50 Å². The summed E-state index contributed by atoms with van der Waals surface area (Å²) in [5, 5.41) is 3.47. The Morgan fingerprint density at radius 3 is 2.76 bits per heavy atom. The Bertz CT molecular complexity index is 633. The van der Waals surface area contributed by atoms with Crippen molar-refractivity contribution in [2.75, 3.05) is 6.61 Å². The van der Waals surface area contributed by atoms with E-state index in [-0.39, 0.29) is 18.6 Å². The van der Waals surface area contributed by atoms with Crippen LogP contribution >= 0.6 is 27.5 Å². The quantitative estimate of drug-likeness (QED) is 0.851. The third-order valence-corrected chi connectivity index (χ3v) is 3.87. The molecule has 2 rings (SSSR count). The number of ether oxygens (including phenoxy) is 1. The van der Waals surface area contributed by atoms with Gasteiger partial charge < -0.3 is 10.1 Å². The van der Waals surface area contributed by atoms with Crippen LogP contribution < -0.4 is 10.1 Å². The fraction of sp³-hybridized carbons (Fsp3) is 0.188. The Morgan fingerprint density at radius 2 is 2.05 bits per heavy atom. The number of rotatable bonds is 5. The predicted molar refractivity (Wildman–Crippen MR) is 87.6 cm³/mol. The third-order valence-electron chi connectivity index (χ3n) is 2.92. The van der Waals surface area contributed by atoms with Crippen molar-refractivity contribution in [1.29, 1.82) is 0 Å². The molecule has 0 saturated heterocycles. The molecule has 0 heterocycles. The van der Waals surface area contributed by atoms with E-state index in [9.17, 15) is 4.79 Å². The Labute approximate surface area is 137 Å². The molecule has 0 spiro atoms. The molecule has 0 fully saturated rings. The SMILES string of the molecule is C[C@H](NC(=O)COc1cccc(Cl)c1)c1ccccc1Br. The monoisotopic (exact) mass is 367 g/mol. The maximum Gasteiger partial charge on any atom is 0.258 e. The lowest BCUT2D eigenvalue weighted by Gasteiger charge is -2.16. The summed E-state index contributed by atoms with van der Waals surface area (Å²) in [7, 11) is 0. The lowest BCUT2D eigenvalue weighted by Crippen LogP contribution is -2.31. The van der Waals surface area contributed by atoms with Crippen LogP contribution in [0.15, 0.2) is 53.0 Å². The minimum atomic E-state index is -0.182. The topological polar surface area (TPSA) is 38.3 Å². The number of benzene rings is 2. The fourth-order valence-electron chi connectivity index (χ4n) is 1.89. The Balaban J connectivity index is 1.89. The summed E-state index contributed by atoms with van der Waals surface area (Å²) in [5.74, 6) is 0.393. The number of carbonyl (C=O) groups excluding carboxylic acids is 1. The van der Waals surface area contributed by atoms with Crippen molar-refractivity contribution < 1.29 is 9.53 Å². The van der Waals surface area contributed by atoms with Crippen molar-refractivity contribution in [1.82, 2.24) is 5.32 Å². The molecule has 2 aromatic rings. The number of amides is 1. The van der Waals surface area contributed by atoms with E-state index in [0.717, 1.165) is 10.0 Å². The number of halogens is 2. The van der Waals surface area contributed by atoms with E-state index in [1.807, 2.05) is 31.2 Å². The van der Waals surface area contributed by atoms with E-state index < -0.39 is 0 Å². The first-order valence-corrected chi connectivity index (χ1v) is 7.65. The maximum absolute atomic E-state index is 11.9. The van der Waals surface area contributed by atoms with Crippen molar-refractivity contribution in [3.05, 3.63) is 63.6 Å². The zero-order valence-corrected chi connectivity index (χ0v) is 13.8. The van der Waals surface area contributed by atoms with Crippen molar-refractivity contribution >= 4 is 33.4 Å². The summed E-state index contributed by atoms with van der Waals surface area (Å²) >= 11 is 9.33. The molecule has 0 aromatic heterocycles. The Hall–Kier alpha value is -1.52. The molecule has 0 saturated carbocycles. The van der Waals surface area contributed by atoms with E-state index in [1.165, 1.54) is 0 Å². The van der Waals surface area contributed by atoms with Gasteiger partial charge in [-0.25, -0.2) is 0 Å². The van der Waals surface area contributed by atoms with Crippen LogP contribution in [-0.4, -0.2) is 12.5 Å². The largest absolute Gasteiger partial charge is 0.484 e. The van der Waals surface area contributed by atoms with E-state index >= 15 is 0 Å². The normalized spacial score (nSPS) is 11.8. The van der Waals surface area contributed by atoms with Gasteiger partial charge in [-0.15, -0.1) is 0 Å². The molecule has 0 aliphatic heterocycles. The molecule has 0 aliphatic rings. The van der Waals surface area contributed by atoms with Gasteiger partial charge in [-0.05, 0) is 36.8 Å². The highest BCUT2D eigenvalue weighted by Gasteiger charge is 2.12. The van der Waals surface area contributed by atoms with Crippen molar-refractivity contribution in [2.24, 2.45) is 0 Å². The van der Waals surface area contributed by atoms with Crippen LogP contribution in [0, 0.1) is 0 Å². The van der Waals surface area contributed by atoms with Gasteiger partial charge in [-0.2, -0.15) is 0 Å². The number of hydrogen-bond acceptors (Lipinski definition) is 2. The van der Waals surface area contributed by atoms with Gasteiger partial charge >= 0.3 is 0 Å². The lowest BCUT2D eigenvalue weighted by molar-refractivity contribution is -0.123. The summed E-state index contributed by atoms with van der Waals surface area (Å²) in [6.45, 7) is 1.88. The summed E-state index contributed by atoms with van der Waals surface area (Å²) < 4.78 is 6.37. The molecule has 5 heteroatoms. The van der Waals surface area contributed by atoms with Gasteiger partial charge in [0.1, 0.15) is 5.75 Å². The lowest BCUT2D eigenvalue weighted by atomic mass is 10.1. The Morgan fingerprint density at radius 1 is 1.29 bits per heavy atom. The molecule has 0 bridgehead atoms. The molecule has 1 amide bonds. The second kappa shape index (κ2) is 7.48. The molecule has 0 radical (unpaired) electrons. The van der Waals surface area contributed by atoms with Crippen LogP contribution in [0.1, 0.15) is 18.5 Å². The first-order valence-electron chi connectivity index (χ1n) is 6.48. The zero-order chi connectivity index (χ0) is 15.2. The number of hydrogen-bond donors (Lipinski definition) is 1. The number of carbonyl (C=O) groups is 1. The molecule has 1 N–H and O–H groups in total. The van der Waals surface area contributed by atoms with E-state index in [0.29, 0.717) is 10.8 Å². The zero-order valence-electron chi connectivity index (χ0n) is 11.5. The van der Waals surface area contributed by atoms with Gasteiger partial charge in [0.2, 0.25) is 0 Å². The van der Waals surface area contributed by atoms with Crippen LogP contribution in [0.4, 0.5) is 0 Å². The molecule has 21 heavy (non-hydrogen) atoms. The van der Waals surface area contributed by atoms with Crippen LogP contribution in [0.2, 0.25) is 5.02 Å². The molecule has 0 unspecified atom stereocenters. The summed E-state index contributed by atoms with van der Waals surface area (Å²) in [4.78, 5) is 11.9. The second-order valence-corrected chi connectivity index (χ2v) is 5.85. The molecular formula is C16H15BrClNO2. The molecule has 0 aliphatic carbocycles. The average Bonchev–Trinajstić information content (AvgIpc) is 2.45. The summed E-state index contributed by atoms with van der Waals surface area (Å²) in [6, 6.07) is 14.6. The van der Waals surface area contributed by atoms with Gasteiger partial charge in [0.15, 0.2) is 6.61 Å². The predicted octanol–water partition coefficient (Wildman–Crippen LogP) is 4.36. The van der Waals surface area contributed by atoms with Gasteiger partial charge in [-0.1, -0.05) is 51.8 Å². The highest BCUT2D eigenvalue weighted by atomic mass is 79.9. The van der Waals surface area contributed by atoms with E-state index in [1.54, 1.807) is 24.3 Å². The first kappa shape index (κ1) is 15.9. The van der Waals surface area contributed by atoms with Crippen LogP contribution in [0.3, 0.4) is 0 Å². The summed E-state index contributed by atoms with van der Waals surface area (Å²) in [5.41, 5.74) is 1.02. The molecule has 2 aromatic carbocycles. The minimum Gasteiger partial charge on any atom is -0.484 e. The van der Waals surface area contributed by atoms with Crippen molar-refractivity contribution in [3.63, 3.8) is 0 Å². The molecule has 110 valence electrons. The molecule has 3 nitrogen and oxygen atoms in total. The van der Waals surface area contributed by atoms with E-state index in [4.69, 9.17) is 16.3 Å². The van der Waals surface area contributed by atoms with Crippen LogP contribution in [0.5, 0.6) is 5.75 Å². The highest BCUT2D eigenvalue weighted by Crippen LogP contribution is 2.22. The Kier molecular flexibility index (Phi) is 5.65. The second-order valence-electron chi connectivity index (χ2n) is 4.56. The van der Waals surface area contributed by atoms with Gasteiger partial charge in [0.25, 0.3) is 5.91 Å². The van der Waals surface area contributed by atoms with Gasteiger partial charge in [0.05, 0.1) is 6.04 Å². The van der Waals surface area contributed by atoms with Gasteiger partial charge in [-0.3, -0.25) is 4.79 Å². The van der Waals surface area contributed by atoms with Crippen LogP contribution in [0.25, 0.3) is 0 Å². The van der Waals surface area contributed by atoms with Crippen molar-refractivity contribution in [2.45, 2.75) is 13.0 Å². The van der Waals surface area contributed by atoms with Crippen LogP contribution in [-0.2, 0) is 4.79 Å². The maximum atomic E-state index is 11.9. The third kappa shape index (κ3) is 4.76. The standard InChI is InChI=1S/C16H15BrClNO2/c1-11(14-7-2-3-8-15(14)17)19-16(20)10-21-13-6-4-5-12(18)9-13/h2-9,11H,10H2,1H3,(H,19,20)/t11-/m0/s1. The number of nitrogens with one attached hydrogen (secondary N) is 1. The fourth-order valence-corrected chi connectivity index (χ4v) is 2.70. The van der Waals surface area contributed by atoms with E-state index in [2.05, 4.69) is 21.2 Å².